The molecular formula is C30H29F5N6O2S. The topological polar surface area (TPSA) is 117 Å². The Bertz CT molecular complexity index is 1780. The zero-order valence-electron chi connectivity index (χ0n) is 23.9. The average molecular weight is 633 g/mol. The third kappa shape index (κ3) is 5.93. The van der Waals surface area contributed by atoms with E-state index in [-0.39, 0.29) is 68.3 Å². The number of hydrogen-bond donors (Lipinski definition) is 2. The minimum atomic E-state index is -5.07. The predicted molar refractivity (Wildman–Crippen MR) is 158 cm³/mol. The van der Waals surface area contributed by atoms with Crippen molar-refractivity contribution in [1.82, 2.24) is 15.3 Å². The highest BCUT2D eigenvalue weighted by Gasteiger charge is 2.38. The second kappa shape index (κ2) is 12.4. The Morgan fingerprint density at radius 1 is 1.23 bits per heavy atom. The van der Waals surface area contributed by atoms with Crippen LogP contribution in [0.25, 0.3) is 32.1 Å². The molecule has 44 heavy (non-hydrogen) atoms. The van der Waals surface area contributed by atoms with Gasteiger partial charge in [-0.2, -0.15) is 28.4 Å². The van der Waals surface area contributed by atoms with Crippen LogP contribution in [-0.4, -0.2) is 42.6 Å². The Morgan fingerprint density at radius 2 is 1.98 bits per heavy atom. The van der Waals surface area contributed by atoms with E-state index in [0.29, 0.717) is 24.3 Å². The lowest BCUT2D eigenvalue weighted by Crippen LogP contribution is -2.36. The highest BCUT2D eigenvalue weighted by Crippen LogP contribution is 2.48. The van der Waals surface area contributed by atoms with Crippen molar-refractivity contribution in [2.45, 2.75) is 45.2 Å². The lowest BCUT2D eigenvalue weighted by molar-refractivity contribution is -0.137. The molecule has 0 unspecified atom stereocenters. The van der Waals surface area contributed by atoms with E-state index >= 15 is 4.39 Å². The fourth-order valence-corrected chi connectivity index (χ4v) is 6.15. The van der Waals surface area contributed by atoms with Crippen LogP contribution in [0, 0.1) is 28.9 Å². The first-order valence-corrected chi connectivity index (χ1v) is 14.9. The van der Waals surface area contributed by atoms with Crippen molar-refractivity contribution in [1.29, 1.82) is 5.26 Å². The first-order chi connectivity index (χ1) is 21.0. The van der Waals surface area contributed by atoms with E-state index in [1.54, 1.807) is 4.90 Å². The predicted octanol–water partition coefficient (Wildman–Crippen LogP) is 6.79. The van der Waals surface area contributed by atoms with E-state index < -0.39 is 34.5 Å². The molecule has 1 fully saturated rings. The van der Waals surface area contributed by atoms with E-state index in [1.165, 1.54) is 7.11 Å². The molecule has 4 aromatic rings. The van der Waals surface area contributed by atoms with Crippen LogP contribution >= 0.6 is 11.3 Å². The first-order valence-electron chi connectivity index (χ1n) is 14.1. The molecule has 1 saturated carbocycles. The minimum Gasteiger partial charge on any atom is -0.467 e. The summed E-state index contributed by atoms with van der Waals surface area (Å²) in [6, 6.07) is 4.22. The molecule has 1 amide bonds. The maximum Gasteiger partial charge on any atom is 0.417 e. The van der Waals surface area contributed by atoms with E-state index in [4.69, 9.17) is 10.5 Å². The molecule has 0 spiro atoms. The third-order valence-corrected chi connectivity index (χ3v) is 8.57. The number of rotatable bonds is 11. The van der Waals surface area contributed by atoms with E-state index in [0.717, 1.165) is 43.9 Å². The van der Waals surface area contributed by atoms with E-state index in [9.17, 15) is 27.6 Å². The van der Waals surface area contributed by atoms with Gasteiger partial charge in [0.05, 0.1) is 22.9 Å². The quantitative estimate of drug-likeness (QED) is 0.138. The number of nitrogen functional groups attached to an aromatic ring is 1. The normalized spacial score (nSPS) is 13.3. The molecule has 3 N–H and O–H groups in total. The molecule has 232 valence electrons. The maximum absolute atomic E-state index is 16.6. The van der Waals surface area contributed by atoms with Crippen LogP contribution in [0.2, 0.25) is 0 Å². The number of nitrogens with zero attached hydrogens (tertiary/aromatic N) is 4. The number of methoxy groups -OCH3 is 1. The second-order valence-corrected chi connectivity index (χ2v) is 11.6. The molecule has 2 aromatic carbocycles. The monoisotopic (exact) mass is 632 g/mol. The number of hydrogen-bond acceptors (Lipinski definition) is 8. The Hall–Kier alpha value is -4.25. The van der Waals surface area contributed by atoms with Gasteiger partial charge in [0.25, 0.3) is 0 Å². The zero-order valence-corrected chi connectivity index (χ0v) is 24.8. The van der Waals surface area contributed by atoms with Crippen molar-refractivity contribution in [3.63, 3.8) is 0 Å². The van der Waals surface area contributed by atoms with Crippen LogP contribution in [0.15, 0.2) is 18.2 Å². The summed E-state index contributed by atoms with van der Waals surface area (Å²) in [5.41, 5.74) is 2.60. The summed E-state index contributed by atoms with van der Waals surface area (Å²) in [6.07, 6.45) is -1.07. The smallest absolute Gasteiger partial charge is 0.417 e. The molecule has 8 nitrogen and oxygen atoms in total. The fourth-order valence-electron chi connectivity index (χ4n) is 5.20. The second-order valence-electron chi connectivity index (χ2n) is 10.6. The van der Waals surface area contributed by atoms with Crippen molar-refractivity contribution in [2.24, 2.45) is 5.92 Å². The number of carbonyl (C=O) groups excluding carboxylic acids is 1. The molecule has 14 heteroatoms. The molecule has 1 aliphatic carbocycles. The average Bonchev–Trinajstić information content (AvgIpc) is 3.78. The lowest BCUT2D eigenvalue weighted by Gasteiger charge is -2.26. The Morgan fingerprint density at radius 3 is 2.61 bits per heavy atom. The fraction of sp³-hybridized carbons (Fsp3) is 0.400. The van der Waals surface area contributed by atoms with Gasteiger partial charge >= 0.3 is 12.2 Å². The van der Waals surface area contributed by atoms with Gasteiger partial charge in [-0.25, -0.2) is 8.78 Å². The summed E-state index contributed by atoms with van der Waals surface area (Å²) in [4.78, 5) is 22.4. The van der Waals surface area contributed by atoms with Gasteiger partial charge in [-0.1, -0.05) is 25.8 Å². The molecule has 0 atom stereocenters. The van der Waals surface area contributed by atoms with E-state index in [2.05, 4.69) is 15.3 Å². The Labute approximate surface area is 253 Å². The largest absolute Gasteiger partial charge is 0.467 e. The molecule has 0 radical (unpaired) electrons. The number of halogens is 5. The van der Waals surface area contributed by atoms with Gasteiger partial charge in [-0.05, 0) is 37.0 Å². The number of benzene rings is 2. The summed E-state index contributed by atoms with van der Waals surface area (Å²) in [5, 5.41) is 12.0. The van der Waals surface area contributed by atoms with Crippen molar-refractivity contribution < 1.29 is 31.5 Å². The van der Waals surface area contributed by atoms with Crippen LogP contribution in [0.3, 0.4) is 0 Å². The summed E-state index contributed by atoms with van der Waals surface area (Å²) in [6.45, 7) is 2.76. The van der Waals surface area contributed by atoms with Crippen molar-refractivity contribution >= 4 is 49.1 Å². The van der Waals surface area contributed by atoms with Gasteiger partial charge in [0.15, 0.2) is 5.82 Å². The number of carbonyl (C=O) groups is 1. The number of unbranched alkanes of at least 4 members (excludes halogenated alkanes) is 2. The number of anilines is 2. The highest BCUT2D eigenvalue weighted by atomic mass is 32.1. The molecule has 0 bridgehead atoms. The zero-order chi connectivity index (χ0) is 31.8. The number of aromatic nitrogens is 2. The third-order valence-electron chi connectivity index (χ3n) is 7.54. The van der Waals surface area contributed by atoms with Gasteiger partial charge < -0.3 is 20.7 Å². The number of nitriles is 1. The number of fused-ring (bicyclic) bond motifs is 2. The van der Waals surface area contributed by atoms with Crippen LogP contribution in [-0.2, 0) is 11.0 Å². The molecule has 2 aromatic heterocycles. The Kier molecular flexibility index (Phi) is 8.78. The first kappa shape index (κ1) is 31.2. The SMILES string of the molecule is CCCCCN(CCNC(=O)C1CC1)c1nc(OC)nc2c(F)c(-c3ccc(F)c4sc(N)c(C#N)c34)c(C(F)(F)F)cc12. The maximum atomic E-state index is 16.6. The molecule has 0 saturated heterocycles. The van der Waals surface area contributed by atoms with Crippen LogP contribution in [0.5, 0.6) is 6.01 Å². The van der Waals surface area contributed by atoms with Crippen LogP contribution in [0.1, 0.15) is 50.2 Å². The van der Waals surface area contributed by atoms with Gasteiger partial charge in [0.2, 0.25) is 5.91 Å². The summed E-state index contributed by atoms with van der Waals surface area (Å²) >= 11 is 0.693. The van der Waals surface area contributed by atoms with Crippen molar-refractivity contribution in [2.75, 3.05) is 37.4 Å². The van der Waals surface area contributed by atoms with Crippen molar-refractivity contribution in [3.8, 4) is 23.2 Å². The van der Waals surface area contributed by atoms with Crippen LogP contribution in [0.4, 0.5) is 32.8 Å². The van der Waals surface area contributed by atoms with E-state index in [1.807, 2.05) is 13.0 Å². The molecular weight excluding hydrogens is 603 g/mol. The van der Waals surface area contributed by atoms with Crippen LogP contribution < -0.4 is 20.7 Å². The molecule has 5 rings (SSSR count). The number of nitrogens with two attached hydrogens (primary N) is 1. The number of ether oxygens (including phenoxy) is 1. The van der Waals surface area contributed by atoms with Crippen molar-refractivity contribution in [3.05, 3.63) is 41.0 Å². The number of nitrogens with one attached hydrogen (secondary N) is 1. The highest BCUT2D eigenvalue weighted by molar-refractivity contribution is 7.23. The number of thiophene rings is 1. The summed E-state index contributed by atoms with van der Waals surface area (Å²) < 4.78 is 80.7. The Balaban J connectivity index is 1.74. The van der Waals surface area contributed by atoms with Gasteiger partial charge in [0.1, 0.15) is 28.2 Å². The minimum absolute atomic E-state index is 0.0151. The van der Waals surface area contributed by atoms with Gasteiger partial charge in [-0.15, -0.1) is 11.3 Å². The molecule has 2 heterocycles. The summed E-state index contributed by atoms with van der Waals surface area (Å²) in [7, 11) is 1.25. The van der Waals surface area contributed by atoms with Gasteiger partial charge in [-0.3, -0.25) is 4.79 Å². The lowest BCUT2D eigenvalue weighted by atomic mass is 9.92. The molecule has 0 aliphatic heterocycles. The summed E-state index contributed by atoms with van der Waals surface area (Å²) in [5.74, 6) is -2.24. The standard InChI is InChI=1S/C30H29F5N6O2S/c1-3-4-5-11-41(12-10-38-28(42)15-6-7-15)27-17-13-19(30(33,34)35)22(23(32)24(17)39-29(40-27)43-2)16-8-9-20(31)25-21(16)18(14-36)26(37)44-25/h8-9,13,15H,3-7,10-12,37H2,1-2H3,(H,38,42). The number of alkyl halides is 3. The number of amides is 1. The molecule has 1 aliphatic rings. The van der Waals surface area contributed by atoms with Gasteiger partial charge in [0, 0.05) is 41.9 Å².